The molecule has 1 aliphatic rings. The number of hydrogen-bond donors (Lipinski definition) is 2. The molecule has 1 aliphatic carbocycles. The highest BCUT2D eigenvalue weighted by Gasteiger charge is 2.20. The Hall–Kier alpha value is -2.39. The highest BCUT2D eigenvalue weighted by Crippen LogP contribution is 2.35. The van der Waals surface area contributed by atoms with Crippen LogP contribution in [-0.4, -0.2) is 26.2 Å². The minimum atomic E-state index is -0.495. The summed E-state index contributed by atoms with van der Waals surface area (Å²) in [6, 6.07) is 5.88. The quantitative estimate of drug-likeness (QED) is 0.378. The van der Waals surface area contributed by atoms with Crippen LogP contribution >= 0.6 is 11.3 Å². The van der Waals surface area contributed by atoms with E-state index in [0.717, 1.165) is 17.8 Å². The van der Waals surface area contributed by atoms with Crippen molar-refractivity contribution in [3.8, 4) is 0 Å². The van der Waals surface area contributed by atoms with E-state index in [0.29, 0.717) is 16.6 Å². The molecule has 1 aromatic heterocycles. The van der Waals surface area contributed by atoms with Gasteiger partial charge >= 0.3 is 0 Å². The van der Waals surface area contributed by atoms with Gasteiger partial charge in [-0.05, 0) is 12.8 Å². The maximum Gasteiger partial charge on any atom is 0.270 e. The molecule has 8 nitrogen and oxygen atoms in total. The second kappa shape index (κ2) is 7.45. The highest BCUT2D eigenvalue weighted by atomic mass is 32.1. The fraction of sp³-hybridized carbons (Fsp3) is 0.400. The van der Waals surface area contributed by atoms with Crippen molar-refractivity contribution >= 4 is 28.0 Å². The number of nitrogens with zero attached hydrogens (tertiary/aromatic N) is 4. The smallest absolute Gasteiger partial charge is 0.270 e. The van der Waals surface area contributed by atoms with Gasteiger partial charge in [0.05, 0.1) is 4.92 Å². The first-order valence-electron chi connectivity index (χ1n) is 7.74. The molecule has 126 valence electrons. The third-order valence-electron chi connectivity index (χ3n) is 4.03. The number of hydroxylamine groups is 1. The first-order chi connectivity index (χ1) is 11.7. The summed E-state index contributed by atoms with van der Waals surface area (Å²) >= 11 is 1.39. The van der Waals surface area contributed by atoms with Crippen LogP contribution < -0.4 is 5.48 Å². The fourth-order valence-corrected chi connectivity index (χ4v) is 3.69. The third-order valence-corrected chi connectivity index (χ3v) is 5.01. The molecule has 9 heteroatoms. The molecule has 0 spiro atoms. The number of benzene rings is 1. The van der Waals surface area contributed by atoms with Crippen molar-refractivity contribution in [3.05, 3.63) is 45.0 Å². The van der Waals surface area contributed by atoms with E-state index in [-0.39, 0.29) is 11.5 Å². The lowest BCUT2D eigenvalue weighted by Crippen LogP contribution is -2.20. The van der Waals surface area contributed by atoms with Gasteiger partial charge in [-0.2, -0.15) is 4.99 Å². The standard InChI is InChI=1S/C15H17N5O3S/c21-19-13(11-7-4-8-12(9-11)20(22)23)16-15-18-17-14(24-15)10-5-2-1-3-6-10/h4,7-10,21H,1-3,5-6H2,(H,16,18,19). The van der Waals surface area contributed by atoms with E-state index >= 15 is 0 Å². The molecule has 0 aliphatic heterocycles. The minimum Gasteiger partial charge on any atom is -0.290 e. The Balaban J connectivity index is 1.84. The number of nitro groups is 1. The fourth-order valence-electron chi connectivity index (χ4n) is 2.80. The third kappa shape index (κ3) is 3.74. The number of rotatable bonds is 4. The van der Waals surface area contributed by atoms with Crippen LogP contribution in [0.1, 0.15) is 48.6 Å². The molecule has 3 rings (SSSR count). The molecule has 0 saturated heterocycles. The molecule has 1 fully saturated rings. The molecule has 0 unspecified atom stereocenters. The summed E-state index contributed by atoms with van der Waals surface area (Å²) in [5.74, 6) is 0.536. The van der Waals surface area contributed by atoms with E-state index in [1.165, 1.54) is 48.8 Å². The van der Waals surface area contributed by atoms with Gasteiger partial charge in [0, 0.05) is 23.6 Å². The highest BCUT2D eigenvalue weighted by molar-refractivity contribution is 7.15. The van der Waals surface area contributed by atoms with Crippen LogP contribution in [0, 0.1) is 10.1 Å². The van der Waals surface area contributed by atoms with Gasteiger partial charge in [0.1, 0.15) is 5.01 Å². The summed E-state index contributed by atoms with van der Waals surface area (Å²) in [4.78, 5) is 14.6. The van der Waals surface area contributed by atoms with Crippen molar-refractivity contribution in [1.29, 1.82) is 0 Å². The lowest BCUT2D eigenvalue weighted by molar-refractivity contribution is -0.384. The number of hydrogen-bond acceptors (Lipinski definition) is 7. The molecular weight excluding hydrogens is 330 g/mol. The van der Waals surface area contributed by atoms with Crippen LogP contribution in [0.4, 0.5) is 10.8 Å². The SMILES string of the molecule is O=[N+]([O-])c1cccc(/C(=N\c2nnc(C3CCCCC3)s2)NO)c1. The average molecular weight is 347 g/mol. The van der Waals surface area contributed by atoms with Crippen molar-refractivity contribution in [2.75, 3.05) is 0 Å². The predicted molar refractivity (Wildman–Crippen MR) is 90.0 cm³/mol. The molecule has 0 amide bonds. The van der Waals surface area contributed by atoms with Gasteiger partial charge in [-0.1, -0.05) is 42.7 Å². The molecule has 0 atom stereocenters. The average Bonchev–Trinajstić information content (AvgIpc) is 3.09. The molecular formula is C15H17N5O3S. The van der Waals surface area contributed by atoms with E-state index in [1.807, 2.05) is 5.48 Å². The summed E-state index contributed by atoms with van der Waals surface area (Å²) in [6.07, 6.45) is 5.92. The summed E-state index contributed by atoms with van der Waals surface area (Å²) in [5, 5.41) is 29.8. The van der Waals surface area contributed by atoms with Crippen LogP contribution in [0.25, 0.3) is 0 Å². The minimum absolute atomic E-state index is 0.0735. The Morgan fingerprint density at radius 1 is 1.33 bits per heavy atom. The Morgan fingerprint density at radius 3 is 2.83 bits per heavy atom. The Bertz CT molecular complexity index is 755. The van der Waals surface area contributed by atoms with Gasteiger partial charge in [0.25, 0.3) is 5.69 Å². The number of nitro benzene ring substituents is 1. The topological polar surface area (TPSA) is 114 Å². The van der Waals surface area contributed by atoms with Crippen LogP contribution in [0.15, 0.2) is 29.3 Å². The number of amidine groups is 1. The van der Waals surface area contributed by atoms with Gasteiger partial charge < -0.3 is 0 Å². The lowest BCUT2D eigenvalue weighted by atomic mass is 9.90. The Kier molecular flexibility index (Phi) is 5.11. The molecule has 0 radical (unpaired) electrons. The van der Waals surface area contributed by atoms with Gasteiger partial charge in [-0.15, -0.1) is 10.2 Å². The van der Waals surface area contributed by atoms with Crippen molar-refractivity contribution in [3.63, 3.8) is 0 Å². The maximum atomic E-state index is 10.9. The maximum absolute atomic E-state index is 10.9. The number of nitrogens with one attached hydrogen (secondary N) is 1. The second-order valence-electron chi connectivity index (χ2n) is 5.64. The largest absolute Gasteiger partial charge is 0.290 e. The zero-order chi connectivity index (χ0) is 16.9. The van der Waals surface area contributed by atoms with E-state index < -0.39 is 4.92 Å². The summed E-state index contributed by atoms with van der Waals surface area (Å²) in [5.41, 5.74) is 2.32. The Morgan fingerprint density at radius 2 is 2.12 bits per heavy atom. The van der Waals surface area contributed by atoms with Gasteiger partial charge in [-0.3, -0.25) is 20.8 Å². The molecule has 1 heterocycles. The van der Waals surface area contributed by atoms with E-state index in [9.17, 15) is 15.3 Å². The van der Waals surface area contributed by atoms with Crippen LogP contribution in [0.3, 0.4) is 0 Å². The normalized spacial score (nSPS) is 16.1. The Labute approximate surface area is 142 Å². The second-order valence-corrected chi connectivity index (χ2v) is 6.63. The zero-order valence-corrected chi connectivity index (χ0v) is 13.7. The van der Waals surface area contributed by atoms with Gasteiger partial charge in [0.2, 0.25) is 5.13 Å². The molecule has 0 bridgehead atoms. The molecule has 1 saturated carbocycles. The summed E-state index contributed by atoms with van der Waals surface area (Å²) in [7, 11) is 0. The van der Waals surface area contributed by atoms with Crippen molar-refractivity contribution in [2.45, 2.75) is 38.0 Å². The summed E-state index contributed by atoms with van der Waals surface area (Å²) in [6.45, 7) is 0. The number of non-ortho nitro benzene ring substituents is 1. The van der Waals surface area contributed by atoms with Gasteiger partial charge in [0.15, 0.2) is 5.84 Å². The molecule has 24 heavy (non-hydrogen) atoms. The van der Waals surface area contributed by atoms with E-state index in [4.69, 9.17) is 0 Å². The molecule has 2 aromatic rings. The van der Waals surface area contributed by atoms with Crippen molar-refractivity contribution < 1.29 is 10.1 Å². The van der Waals surface area contributed by atoms with Crippen molar-refractivity contribution in [2.24, 2.45) is 4.99 Å². The zero-order valence-electron chi connectivity index (χ0n) is 12.9. The first-order valence-corrected chi connectivity index (χ1v) is 8.56. The van der Waals surface area contributed by atoms with Gasteiger partial charge in [-0.25, -0.2) is 0 Å². The van der Waals surface area contributed by atoms with E-state index in [1.54, 1.807) is 6.07 Å². The molecule has 2 N–H and O–H groups in total. The van der Waals surface area contributed by atoms with Crippen LogP contribution in [-0.2, 0) is 0 Å². The van der Waals surface area contributed by atoms with Crippen LogP contribution in [0.5, 0.6) is 0 Å². The lowest BCUT2D eigenvalue weighted by Gasteiger charge is -2.18. The monoisotopic (exact) mass is 347 g/mol. The van der Waals surface area contributed by atoms with E-state index in [2.05, 4.69) is 15.2 Å². The number of aromatic nitrogens is 2. The number of aliphatic imine (C=N–C) groups is 1. The van der Waals surface area contributed by atoms with Crippen LogP contribution in [0.2, 0.25) is 0 Å². The van der Waals surface area contributed by atoms with Crippen molar-refractivity contribution in [1.82, 2.24) is 15.7 Å². The molecule has 1 aromatic carbocycles. The summed E-state index contributed by atoms with van der Waals surface area (Å²) < 4.78 is 0. The predicted octanol–water partition coefficient (Wildman–Crippen LogP) is 3.55. The first kappa shape index (κ1) is 16.5.